The fraction of sp³-hybridized carbons (Fsp3) is 1.00. The Morgan fingerprint density at radius 2 is 2.07 bits per heavy atom. The Kier molecular flexibility index (Phi) is 4.00. The number of rotatable bonds is 5. The van der Waals surface area contributed by atoms with Crippen molar-refractivity contribution in [1.29, 1.82) is 0 Å². The van der Waals surface area contributed by atoms with E-state index in [1.807, 2.05) is 0 Å². The lowest BCUT2D eigenvalue weighted by molar-refractivity contribution is 0.0204. The van der Waals surface area contributed by atoms with E-state index in [-0.39, 0.29) is 6.10 Å². The van der Waals surface area contributed by atoms with Crippen LogP contribution in [0.15, 0.2) is 0 Å². The molecule has 0 spiro atoms. The highest BCUT2D eigenvalue weighted by molar-refractivity contribution is 4.85. The third-order valence-corrected chi connectivity index (χ3v) is 3.79. The monoisotopic (exact) mass is 212 g/mol. The molecule has 2 atom stereocenters. The number of hydrogen-bond acceptors (Lipinski definition) is 3. The second-order valence-electron chi connectivity index (χ2n) is 5.24. The molecule has 0 unspecified atom stereocenters. The molecular weight excluding hydrogens is 188 g/mol. The van der Waals surface area contributed by atoms with Gasteiger partial charge in [0.1, 0.15) is 0 Å². The molecule has 1 heterocycles. The van der Waals surface area contributed by atoms with Crippen molar-refractivity contribution in [2.24, 2.45) is 17.6 Å². The Morgan fingerprint density at radius 3 is 2.73 bits per heavy atom. The predicted octanol–water partition coefficient (Wildman–Crippen LogP) is 0.818. The van der Waals surface area contributed by atoms with Gasteiger partial charge in [-0.15, -0.1) is 0 Å². The van der Waals surface area contributed by atoms with E-state index in [2.05, 4.69) is 4.90 Å². The van der Waals surface area contributed by atoms with E-state index < -0.39 is 0 Å². The SMILES string of the molecule is NCCCN1CC[C@H](O)[C@@H](CC2CC2)C1. The van der Waals surface area contributed by atoms with Crippen LogP contribution in [0.3, 0.4) is 0 Å². The molecule has 1 aliphatic carbocycles. The third kappa shape index (κ3) is 3.44. The van der Waals surface area contributed by atoms with Gasteiger partial charge >= 0.3 is 0 Å². The van der Waals surface area contributed by atoms with Crippen molar-refractivity contribution in [2.45, 2.75) is 38.2 Å². The molecule has 0 aromatic carbocycles. The van der Waals surface area contributed by atoms with Gasteiger partial charge in [-0.25, -0.2) is 0 Å². The van der Waals surface area contributed by atoms with Gasteiger partial charge in [-0.05, 0) is 44.2 Å². The summed E-state index contributed by atoms with van der Waals surface area (Å²) in [4.78, 5) is 2.48. The molecule has 2 fully saturated rings. The highest BCUT2D eigenvalue weighted by Crippen LogP contribution is 2.37. The van der Waals surface area contributed by atoms with E-state index in [0.29, 0.717) is 5.92 Å². The Labute approximate surface area is 92.6 Å². The van der Waals surface area contributed by atoms with Crippen molar-refractivity contribution in [3.8, 4) is 0 Å². The highest BCUT2D eigenvalue weighted by Gasteiger charge is 2.32. The van der Waals surface area contributed by atoms with Crippen LogP contribution in [0.5, 0.6) is 0 Å². The van der Waals surface area contributed by atoms with E-state index >= 15 is 0 Å². The van der Waals surface area contributed by atoms with Gasteiger partial charge < -0.3 is 15.7 Å². The predicted molar refractivity (Wildman–Crippen MR) is 61.6 cm³/mol. The van der Waals surface area contributed by atoms with Crippen LogP contribution in [0, 0.1) is 11.8 Å². The van der Waals surface area contributed by atoms with Crippen LogP contribution in [-0.2, 0) is 0 Å². The molecule has 2 rings (SSSR count). The molecule has 15 heavy (non-hydrogen) atoms. The summed E-state index contributed by atoms with van der Waals surface area (Å²) in [7, 11) is 0. The molecule has 3 nitrogen and oxygen atoms in total. The van der Waals surface area contributed by atoms with Gasteiger partial charge in [0.05, 0.1) is 6.10 Å². The maximum absolute atomic E-state index is 9.94. The van der Waals surface area contributed by atoms with Crippen molar-refractivity contribution < 1.29 is 5.11 Å². The summed E-state index contributed by atoms with van der Waals surface area (Å²) in [5.41, 5.74) is 5.52. The first kappa shape index (κ1) is 11.4. The summed E-state index contributed by atoms with van der Waals surface area (Å²) in [6, 6.07) is 0. The molecule has 88 valence electrons. The standard InChI is InChI=1S/C12H24N2O/c13-5-1-6-14-7-4-12(15)11(9-14)8-10-2-3-10/h10-12,15H,1-9,13H2/t11-,12-/m0/s1. The van der Waals surface area contributed by atoms with Gasteiger partial charge in [-0.1, -0.05) is 12.8 Å². The van der Waals surface area contributed by atoms with Crippen LogP contribution in [0.1, 0.15) is 32.1 Å². The molecule has 1 aliphatic heterocycles. The Balaban J connectivity index is 1.75. The molecule has 1 saturated heterocycles. The van der Waals surface area contributed by atoms with Crippen LogP contribution >= 0.6 is 0 Å². The highest BCUT2D eigenvalue weighted by atomic mass is 16.3. The molecule has 3 heteroatoms. The lowest BCUT2D eigenvalue weighted by Crippen LogP contribution is -2.44. The number of hydrogen-bond donors (Lipinski definition) is 2. The van der Waals surface area contributed by atoms with Gasteiger partial charge in [-0.2, -0.15) is 0 Å². The summed E-state index contributed by atoms with van der Waals surface area (Å²) in [6.45, 7) is 4.05. The Morgan fingerprint density at radius 1 is 1.27 bits per heavy atom. The second kappa shape index (κ2) is 5.28. The molecule has 2 aliphatic rings. The summed E-state index contributed by atoms with van der Waals surface area (Å²) in [5.74, 6) is 1.46. The molecule has 0 radical (unpaired) electrons. The minimum absolute atomic E-state index is 0.0419. The fourth-order valence-electron chi connectivity index (χ4n) is 2.63. The molecule has 0 aromatic heterocycles. The van der Waals surface area contributed by atoms with Gasteiger partial charge in [-0.3, -0.25) is 0 Å². The molecule has 1 saturated carbocycles. The van der Waals surface area contributed by atoms with Gasteiger partial charge in [0.15, 0.2) is 0 Å². The number of nitrogens with two attached hydrogens (primary N) is 1. The Bertz CT molecular complexity index is 192. The number of likely N-dealkylation sites (tertiary alicyclic amines) is 1. The van der Waals surface area contributed by atoms with E-state index in [1.165, 1.54) is 19.3 Å². The molecule has 0 bridgehead atoms. The van der Waals surface area contributed by atoms with Crippen molar-refractivity contribution in [3.63, 3.8) is 0 Å². The van der Waals surface area contributed by atoms with E-state index in [4.69, 9.17) is 5.73 Å². The zero-order chi connectivity index (χ0) is 10.7. The summed E-state index contributed by atoms with van der Waals surface area (Å²) in [5, 5.41) is 9.94. The summed E-state index contributed by atoms with van der Waals surface area (Å²) in [6.07, 6.45) is 6.05. The fourth-order valence-corrected chi connectivity index (χ4v) is 2.63. The van der Waals surface area contributed by atoms with Gasteiger partial charge in [0.2, 0.25) is 0 Å². The largest absolute Gasteiger partial charge is 0.393 e. The topological polar surface area (TPSA) is 49.5 Å². The Hall–Kier alpha value is -0.120. The molecule has 0 amide bonds. The van der Waals surface area contributed by atoms with Crippen LogP contribution in [0.2, 0.25) is 0 Å². The first-order chi connectivity index (χ1) is 7.29. The second-order valence-corrected chi connectivity index (χ2v) is 5.24. The number of piperidine rings is 1. The first-order valence-electron chi connectivity index (χ1n) is 6.40. The molecule has 0 aromatic rings. The van der Waals surface area contributed by atoms with Crippen molar-refractivity contribution >= 4 is 0 Å². The summed E-state index contributed by atoms with van der Waals surface area (Å²) < 4.78 is 0. The number of aliphatic hydroxyl groups is 1. The van der Waals surface area contributed by atoms with Crippen molar-refractivity contribution in [2.75, 3.05) is 26.2 Å². The average molecular weight is 212 g/mol. The van der Waals surface area contributed by atoms with Crippen LogP contribution in [0.4, 0.5) is 0 Å². The zero-order valence-electron chi connectivity index (χ0n) is 9.57. The maximum atomic E-state index is 9.94. The minimum Gasteiger partial charge on any atom is -0.393 e. The quantitative estimate of drug-likeness (QED) is 0.709. The molecular formula is C12H24N2O. The average Bonchev–Trinajstić information content (AvgIpc) is 3.03. The van der Waals surface area contributed by atoms with Gasteiger partial charge in [0, 0.05) is 13.1 Å². The van der Waals surface area contributed by atoms with E-state index in [0.717, 1.165) is 44.9 Å². The maximum Gasteiger partial charge on any atom is 0.0592 e. The van der Waals surface area contributed by atoms with E-state index in [1.54, 1.807) is 0 Å². The lowest BCUT2D eigenvalue weighted by Gasteiger charge is -2.36. The normalized spacial score (nSPS) is 33.2. The summed E-state index contributed by atoms with van der Waals surface area (Å²) >= 11 is 0. The number of aliphatic hydroxyl groups excluding tert-OH is 1. The van der Waals surface area contributed by atoms with Gasteiger partial charge in [0.25, 0.3) is 0 Å². The lowest BCUT2D eigenvalue weighted by atomic mass is 9.90. The third-order valence-electron chi connectivity index (χ3n) is 3.79. The van der Waals surface area contributed by atoms with Crippen LogP contribution in [0.25, 0.3) is 0 Å². The van der Waals surface area contributed by atoms with Crippen molar-refractivity contribution in [1.82, 2.24) is 4.90 Å². The smallest absolute Gasteiger partial charge is 0.0592 e. The zero-order valence-corrected chi connectivity index (χ0v) is 9.57. The first-order valence-corrected chi connectivity index (χ1v) is 6.40. The van der Waals surface area contributed by atoms with Crippen LogP contribution in [-0.4, -0.2) is 42.3 Å². The van der Waals surface area contributed by atoms with Crippen molar-refractivity contribution in [3.05, 3.63) is 0 Å². The minimum atomic E-state index is -0.0419. The van der Waals surface area contributed by atoms with Crippen LogP contribution < -0.4 is 5.73 Å². The van der Waals surface area contributed by atoms with E-state index in [9.17, 15) is 5.11 Å². The number of nitrogens with zero attached hydrogens (tertiary/aromatic N) is 1. The molecule has 3 N–H and O–H groups in total.